The van der Waals surface area contributed by atoms with Gasteiger partial charge >= 0.3 is 0 Å². The summed E-state index contributed by atoms with van der Waals surface area (Å²) in [6, 6.07) is 23.2. The van der Waals surface area contributed by atoms with Crippen LogP contribution in [0.25, 0.3) is 0 Å². The largest absolute Gasteiger partial charge is 0.480 e. The van der Waals surface area contributed by atoms with Gasteiger partial charge in [0.15, 0.2) is 15.9 Å². The third-order valence-electron chi connectivity index (χ3n) is 5.48. The highest BCUT2D eigenvalue weighted by Crippen LogP contribution is 2.28. The average molecular weight is 479 g/mol. The van der Waals surface area contributed by atoms with Crippen molar-refractivity contribution in [1.82, 2.24) is 5.32 Å². The Bertz CT molecular complexity index is 1250. The highest BCUT2D eigenvalue weighted by molar-refractivity contribution is 7.90. The Hall–Kier alpha value is -3.65. The first kappa shape index (κ1) is 23.5. The zero-order valence-corrected chi connectivity index (χ0v) is 19.4. The Balaban J connectivity index is 1.25. The predicted octanol–water partition coefficient (Wildman–Crippen LogP) is 3.36. The van der Waals surface area contributed by atoms with Gasteiger partial charge in [0.05, 0.1) is 11.5 Å². The normalized spacial score (nSPS) is 14.6. The van der Waals surface area contributed by atoms with Crippen molar-refractivity contribution >= 4 is 27.3 Å². The number of hydrogen-bond donors (Lipinski definition) is 2. The Kier molecular flexibility index (Phi) is 7.27. The van der Waals surface area contributed by atoms with E-state index in [-0.39, 0.29) is 29.9 Å². The second-order valence-electron chi connectivity index (χ2n) is 8.18. The highest BCUT2D eigenvalue weighted by Gasteiger charge is 2.28. The van der Waals surface area contributed by atoms with Crippen molar-refractivity contribution in [1.29, 1.82) is 0 Å². The van der Waals surface area contributed by atoms with Crippen LogP contribution in [0.1, 0.15) is 27.9 Å². The molecular weight excluding hydrogens is 452 g/mol. The molecule has 3 aromatic carbocycles. The molecule has 2 amide bonds. The molecule has 1 aliphatic rings. The summed E-state index contributed by atoms with van der Waals surface area (Å²) < 4.78 is 30.3. The first-order chi connectivity index (χ1) is 16.4. The van der Waals surface area contributed by atoms with Crippen LogP contribution >= 0.6 is 0 Å². The van der Waals surface area contributed by atoms with Gasteiger partial charge in [-0.15, -0.1) is 0 Å². The van der Waals surface area contributed by atoms with Crippen molar-refractivity contribution in [2.75, 3.05) is 17.6 Å². The van der Waals surface area contributed by atoms with E-state index in [2.05, 4.69) is 10.6 Å². The Labute approximate surface area is 199 Å². The number of sulfone groups is 1. The lowest BCUT2D eigenvalue weighted by molar-refractivity contribution is -0.122. The summed E-state index contributed by atoms with van der Waals surface area (Å²) in [5.74, 6) is 0.0708. The van der Waals surface area contributed by atoms with Gasteiger partial charge in [-0.05, 0) is 41.8 Å². The second kappa shape index (κ2) is 10.5. The van der Waals surface area contributed by atoms with Crippen molar-refractivity contribution in [2.45, 2.75) is 24.7 Å². The molecule has 7 nitrogen and oxygen atoms in total. The zero-order valence-electron chi connectivity index (χ0n) is 18.6. The summed E-state index contributed by atoms with van der Waals surface area (Å²) in [7, 11) is -3.26. The van der Waals surface area contributed by atoms with E-state index in [1.807, 2.05) is 30.3 Å². The molecule has 1 unspecified atom stereocenters. The van der Waals surface area contributed by atoms with Gasteiger partial charge in [0.1, 0.15) is 5.75 Å². The van der Waals surface area contributed by atoms with Crippen LogP contribution < -0.4 is 15.4 Å². The number of benzene rings is 3. The Morgan fingerprint density at radius 3 is 2.50 bits per heavy atom. The van der Waals surface area contributed by atoms with E-state index in [0.717, 1.165) is 11.1 Å². The molecule has 2 N–H and O–H groups in total. The lowest BCUT2D eigenvalue weighted by atomic mass is 10.1. The first-order valence-electron chi connectivity index (χ1n) is 11.1. The topological polar surface area (TPSA) is 102 Å². The predicted molar refractivity (Wildman–Crippen MR) is 131 cm³/mol. The smallest absolute Gasteiger partial charge is 0.265 e. The van der Waals surface area contributed by atoms with Crippen molar-refractivity contribution in [3.05, 3.63) is 95.6 Å². The van der Waals surface area contributed by atoms with E-state index in [0.29, 0.717) is 29.8 Å². The van der Waals surface area contributed by atoms with Crippen LogP contribution in [0, 0.1) is 0 Å². The molecule has 1 aliphatic heterocycles. The molecule has 0 radical (unpaired) electrons. The number of para-hydroxylation sites is 1. The summed E-state index contributed by atoms with van der Waals surface area (Å²) in [4.78, 5) is 25.1. The molecule has 0 aliphatic carbocycles. The van der Waals surface area contributed by atoms with Crippen LogP contribution in [-0.4, -0.2) is 38.6 Å². The fourth-order valence-electron chi connectivity index (χ4n) is 3.79. The van der Waals surface area contributed by atoms with Gasteiger partial charge in [-0.25, -0.2) is 8.42 Å². The molecule has 0 saturated carbocycles. The lowest BCUT2D eigenvalue weighted by Gasteiger charge is -2.12. The minimum absolute atomic E-state index is 0.0119. The maximum Gasteiger partial charge on any atom is 0.265 e. The maximum absolute atomic E-state index is 12.6. The van der Waals surface area contributed by atoms with Crippen molar-refractivity contribution in [3.63, 3.8) is 0 Å². The molecule has 0 bridgehead atoms. The highest BCUT2D eigenvalue weighted by atomic mass is 32.2. The van der Waals surface area contributed by atoms with Crippen molar-refractivity contribution in [3.8, 4) is 5.75 Å². The van der Waals surface area contributed by atoms with Crippen LogP contribution in [0.3, 0.4) is 0 Å². The number of ether oxygens (including phenoxy) is 1. The van der Waals surface area contributed by atoms with E-state index in [4.69, 9.17) is 4.74 Å². The van der Waals surface area contributed by atoms with Crippen LogP contribution in [0.2, 0.25) is 0 Å². The van der Waals surface area contributed by atoms with E-state index in [1.165, 1.54) is 0 Å². The third-order valence-corrected chi connectivity index (χ3v) is 7.16. The monoisotopic (exact) mass is 478 g/mol. The van der Waals surface area contributed by atoms with Gasteiger partial charge < -0.3 is 15.4 Å². The number of fused-ring (bicyclic) bond motifs is 1. The first-order valence-corrected chi connectivity index (χ1v) is 12.9. The van der Waals surface area contributed by atoms with Gasteiger partial charge in [0, 0.05) is 24.2 Å². The molecule has 3 aromatic rings. The van der Waals surface area contributed by atoms with Gasteiger partial charge in [-0.1, -0.05) is 54.6 Å². The number of carbonyl (C=O) groups is 2. The lowest BCUT2D eigenvalue weighted by Crippen LogP contribution is -2.31. The fourth-order valence-corrected chi connectivity index (χ4v) is 5.21. The molecule has 8 heteroatoms. The fraction of sp³-hybridized carbons (Fsp3) is 0.231. The minimum atomic E-state index is -3.26. The van der Waals surface area contributed by atoms with Gasteiger partial charge in [0.25, 0.3) is 11.8 Å². The van der Waals surface area contributed by atoms with Crippen molar-refractivity contribution in [2.24, 2.45) is 0 Å². The maximum atomic E-state index is 12.6. The molecule has 4 rings (SSSR count). The van der Waals surface area contributed by atoms with Crippen LogP contribution in [-0.2, 0) is 26.8 Å². The quantitative estimate of drug-likeness (QED) is 0.459. The zero-order chi connectivity index (χ0) is 24.0. The SMILES string of the molecule is O=C(NCCCS(=O)(=O)Cc1ccccc1)c1cccc(NC(=O)C2Cc3ccccc3O2)c1. The molecule has 0 saturated heterocycles. The number of anilines is 1. The van der Waals surface area contributed by atoms with E-state index >= 15 is 0 Å². The minimum Gasteiger partial charge on any atom is -0.480 e. The second-order valence-corrected chi connectivity index (χ2v) is 10.4. The molecule has 0 spiro atoms. The van der Waals surface area contributed by atoms with Gasteiger partial charge in [-0.2, -0.15) is 0 Å². The van der Waals surface area contributed by atoms with Gasteiger partial charge in [-0.3, -0.25) is 9.59 Å². The third kappa shape index (κ3) is 6.23. The van der Waals surface area contributed by atoms with Crippen LogP contribution in [0.5, 0.6) is 5.75 Å². The molecular formula is C26H26N2O5S. The Morgan fingerprint density at radius 1 is 0.941 bits per heavy atom. The molecule has 34 heavy (non-hydrogen) atoms. The number of nitrogens with one attached hydrogen (secondary N) is 2. The van der Waals surface area contributed by atoms with Crippen LogP contribution in [0.15, 0.2) is 78.9 Å². The number of hydrogen-bond acceptors (Lipinski definition) is 5. The van der Waals surface area contributed by atoms with E-state index in [1.54, 1.807) is 48.5 Å². The summed E-state index contributed by atoms with van der Waals surface area (Å²) in [6.07, 6.45) is 0.194. The number of rotatable bonds is 9. The summed E-state index contributed by atoms with van der Waals surface area (Å²) in [6.45, 7) is 0.234. The summed E-state index contributed by atoms with van der Waals surface area (Å²) in [5, 5.41) is 5.54. The summed E-state index contributed by atoms with van der Waals surface area (Å²) >= 11 is 0. The standard InChI is InChI=1S/C26H26N2O5S/c29-25(27-14-7-15-34(31,32)18-19-8-2-1-3-9-19)21-11-6-12-22(16-21)28-26(30)24-17-20-10-4-5-13-23(20)33-24/h1-6,8-13,16,24H,7,14-15,17-18H2,(H,27,29)(H,28,30). The number of carbonyl (C=O) groups excluding carboxylic acids is 2. The number of amides is 2. The molecule has 0 fully saturated rings. The van der Waals surface area contributed by atoms with Crippen LogP contribution in [0.4, 0.5) is 5.69 Å². The van der Waals surface area contributed by atoms with E-state index in [9.17, 15) is 18.0 Å². The molecule has 176 valence electrons. The molecule has 1 atom stereocenters. The summed E-state index contributed by atoms with van der Waals surface area (Å²) in [5.41, 5.74) is 2.60. The molecule has 1 heterocycles. The Morgan fingerprint density at radius 2 is 1.71 bits per heavy atom. The average Bonchev–Trinajstić information content (AvgIpc) is 3.27. The molecule has 0 aromatic heterocycles. The van der Waals surface area contributed by atoms with Gasteiger partial charge in [0.2, 0.25) is 0 Å². The van der Waals surface area contributed by atoms with E-state index < -0.39 is 15.9 Å². The van der Waals surface area contributed by atoms with Crippen molar-refractivity contribution < 1.29 is 22.7 Å².